The summed E-state index contributed by atoms with van der Waals surface area (Å²) in [5.41, 5.74) is 6.00. The fraction of sp³-hybridized carbons (Fsp3) is 0.286. The lowest BCUT2D eigenvalue weighted by Gasteiger charge is -2.47. The number of aromatic hydroxyl groups is 2. The molecule has 0 unspecified atom stereocenters. The minimum Gasteiger partial charge on any atom is -0.504 e. The molecule has 1 saturated heterocycles. The second-order valence-corrected chi connectivity index (χ2v) is 11.9. The van der Waals surface area contributed by atoms with E-state index in [-0.39, 0.29) is 22.3 Å². The number of phenols is 2. The predicted molar refractivity (Wildman–Crippen MR) is 136 cm³/mol. The molecule has 38 heavy (non-hydrogen) atoms. The highest BCUT2D eigenvalue weighted by Crippen LogP contribution is 2.36. The highest BCUT2D eigenvalue weighted by atomic mass is 32.2. The summed E-state index contributed by atoms with van der Waals surface area (Å²) < 4.78 is 30.0. The molecule has 1 aromatic carbocycles. The fourth-order valence-electron chi connectivity index (χ4n) is 3.37. The number of rotatable bonds is 9. The summed E-state index contributed by atoms with van der Waals surface area (Å²) in [6.45, 7) is 1.34. The van der Waals surface area contributed by atoms with E-state index >= 15 is 0 Å². The molecular weight excluding hydrogens is 562 g/mol. The van der Waals surface area contributed by atoms with Crippen LogP contribution in [0, 0.1) is 0 Å². The minimum atomic E-state index is -4.13. The maximum atomic E-state index is 13.1. The van der Waals surface area contributed by atoms with Crippen LogP contribution >= 0.6 is 23.1 Å². The van der Waals surface area contributed by atoms with E-state index < -0.39 is 62.2 Å². The van der Waals surface area contributed by atoms with Crippen molar-refractivity contribution in [1.29, 1.82) is 0 Å². The Morgan fingerprint density at radius 1 is 1.32 bits per heavy atom. The number of fused-ring (bicyclic) bond motifs is 1. The predicted octanol–water partition coefficient (Wildman–Crippen LogP) is 0.136. The standard InChI is InChI=1S/C21H21N5O9S3/c1-10(27)34-6-11-5-26-19(31)17(20(26)36-7-11)24-18(30)16(13-8-37-21(22)23-13)25-35-9-38(32,33)12-2-3-14(28)15(29)4-12/h2-5,8,17,20,28-29H,6-7,9H2,1H3,(H2,22,23)(H,24,30)/b25-16-/t17-,20-/m1/s1. The van der Waals surface area contributed by atoms with Crippen LogP contribution in [-0.4, -0.2) is 81.7 Å². The molecule has 1 aromatic heterocycles. The maximum absolute atomic E-state index is 13.1. The number of β-lactam (4-membered cyclic amide) rings is 1. The normalized spacial score (nSPS) is 19.2. The first-order valence-electron chi connectivity index (χ1n) is 10.7. The van der Waals surface area contributed by atoms with Crippen LogP contribution in [0.4, 0.5) is 5.13 Å². The SMILES string of the molecule is CC(=O)OCC1=CN2C(=O)[C@@H](NC(=O)/C(=N\OCS(=O)(=O)c3ccc(O)c(O)c3)c3csc(N)n3)[C@H]2SC1. The molecule has 0 aliphatic carbocycles. The number of anilines is 1. The van der Waals surface area contributed by atoms with Crippen LogP contribution in [0.2, 0.25) is 0 Å². The van der Waals surface area contributed by atoms with Gasteiger partial charge in [0, 0.05) is 30.3 Å². The van der Waals surface area contributed by atoms with Crippen LogP contribution in [0.15, 0.2) is 45.4 Å². The lowest BCUT2D eigenvalue weighted by molar-refractivity contribution is -0.144. The van der Waals surface area contributed by atoms with E-state index in [0.717, 1.165) is 35.1 Å². The van der Waals surface area contributed by atoms with Crippen molar-refractivity contribution in [3.63, 3.8) is 0 Å². The van der Waals surface area contributed by atoms with E-state index in [0.29, 0.717) is 5.75 Å². The summed E-state index contributed by atoms with van der Waals surface area (Å²) in [6, 6.07) is 2.01. The lowest BCUT2D eigenvalue weighted by atomic mass is 10.1. The van der Waals surface area contributed by atoms with Gasteiger partial charge in [-0.25, -0.2) is 13.4 Å². The van der Waals surface area contributed by atoms with Gasteiger partial charge in [0.05, 0.1) is 4.90 Å². The number of ether oxygens (including phenoxy) is 1. The monoisotopic (exact) mass is 583 g/mol. The Kier molecular flexibility index (Phi) is 7.79. The number of thioether (sulfide) groups is 1. The number of sulfone groups is 1. The fourth-order valence-corrected chi connectivity index (χ4v) is 6.06. The van der Waals surface area contributed by atoms with Gasteiger partial charge in [0.25, 0.3) is 11.8 Å². The van der Waals surface area contributed by atoms with Gasteiger partial charge in [-0.3, -0.25) is 14.4 Å². The molecule has 1 fully saturated rings. The second-order valence-electron chi connectivity index (χ2n) is 7.99. The summed E-state index contributed by atoms with van der Waals surface area (Å²) in [5, 5.41) is 26.3. The molecule has 2 amide bonds. The van der Waals surface area contributed by atoms with Crippen molar-refractivity contribution in [2.75, 3.05) is 24.0 Å². The van der Waals surface area contributed by atoms with Gasteiger partial charge in [0.1, 0.15) is 23.7 Å². The molecule has 2 atom stereocenters. The molecule has 0 radical (unpaired) electrons. The van der Waals surface area contributed by atoms with Gasteiger partial charge < -0.3 is 35.7 Å². The zero-order valence-corrected chi connectivity index (χ0v) is 22.0. The number of carbonyl (C=O) groups excluding carboxylic acids is 3. The van der Waals surface area contributed by atoms with E-state index in [2.05, 4.69) is 15.5 Å². The number of nitrogens with one attached hydrogen (secondary N) is 1. The summed E-state index contributed by atoms with van der Waals surface area (Å²) >= 11 is 2.38. The maximum Gasteiger partial charge on any atom is 0.302 e. The molecule has 0 spiro atoms. The number of hydrogen-bond acceptors (Lipinski definition) is 14. The van der Waals surface area contributed by atoms with Crippen LogP contribution < -0.4 is 11.1 Å². The summed E-state index contributed by atoms with van der Waals surface area (Å²) in [7, 11) is -4.13. The number of esters is 1. The van der Waals surface area contributed by atoms with Crippen LogP contribution in [-0.2, 0) is 33.8 Å². The number of phenolic OH excluding ortho intramolecular Hbond substituents is 2. The Morgan fingerprint density at radius 3 is 2.74 bits per heavy atom. The van der Waals surface area contributed by atoms with E-state index in [1.807, 2.05) is 0 Å². The number of amides is 2. The molecule has 5 N–H and O–H groups in total. The van der Waals surface area contributed by atoms with Gasteiger partial charge >= 0.3 is 5.97 Å². The number of nitrogen functional groups attached to an aromatic ring is 1. The molecule has 0 bridgehead atoms. The summed E-state index contributed by atoms with van der Waals surface area (Å²) in [6.07, 6.45) is 1.58. The molecule has 202 valence electrons. The van der Waals surface area contributed by atoms with Crippen molar-refractivity contribution >= 4 is 61.6 Å². The molecule has 3 heterocycles. The number of thiazole rings is 1. The number of hydrogen-bond donors (Lipinski definition) is 4. The zero-order chi connectivity index (χ0) is 27.6. The summed E-state index contributed by atoms with van der Waals surface area (Å²) in [5.74, 6) is -3.35. The number of benzene rings is 1. The van der Waals surface area contributed by atoms with Gasteiger partial charge in [0.2, 0.25) is 15.8 Å². The van der Waals surface area contributed by atoms with Crippen LogP contribution in [0.25, 0.3) is 0 Å². The third-order valence-corrected chi connectivity index (χ3v) is 8.68. The molecule has 2 aromatic rings. The van der Waals surface area contributed by atoms with Crippen molar-refractivity contribution < 1.29 is 42.6 Å². The number of nitrogens with two attached hydrogens (primary N) is 1. The topological polar surface area (TPSA) is 211 Å². The van der Waals surface area contributed by atoms with Crippen LogP contribution in [0.5, 0.6) is 11.5 Å². The van der Waals surface area contributed by atoms with Gasteiger partial charge in [-0.15, -0.1) is 23.1 Å². The number of carbonyl (C=O) groups is 3. The Balaban J connectivity index is 1.46. The first kappa shape index (κ1) is 27.2. The Hall–Kier alpha value is -3.83. The largest absolute Gasteiger partial charge is 0.504 e. The van der Waals surface area contributed by atoms with Crippen molar-refractivity contribution in [2.24, 2.45) is 5.16 Å². The zero-order valence-electron chi connectivity index (χ0n) is 19.6. The number of aromatic nitrogens is 1. The van der Waals surface area contributed by atoms with Gasteiger partial charge in [0.15, 0.2) is 22.3 Å². The van der Waals surface area contributed by atoms with Gasteiger partial charge in [-0.2, -0.15) is 0 Å². The minimum absolute atomic E-state index is 0.00756. The quantitative estimate of drug-likeness (QED) is 0.102. The average molecular weight is 584 g/mol. The highest BCUT2D eigenvalue weighted by molar-refractivity contribution is 8.00. The summed E-state index contributed by atoms with van der Waals surface area (Å²) in [4.78, 5) is 46.8. The van der Waals surface area contributed by atoms with Crippen molar-refractivity contribution in [3.8, 4) is 11.5 Å². The van der Waals surface area contributed by atoms with Gasteiger partial charge in [-0.05, 0) is 17.7 Å². The Labute approximate surface area is 224 Å². The Bertz CT molecular complexity index is 1450. The third-order valence-electron chi connectivity index (χ3n) is 5.24. The van der Waals surface area contributed by atoms with Crippen molar-refractivity contribution in [2.45, 2.75) is 23.2 Å². The van der Waals surface area contributed by atoms with E-state index in [9.17, 15) is 33.0 Å². The smallest absolute Gasteiger partial charge is 0.302 e. The first-order valence-corrected chi connectivity index (χ1v) is 14.3. The molecule has 17 heteroatoms. The number of oxime groups is 1. The highest BCUT2D eigenvalue weighted by Gasteiger charge is 2.50. The number of nitrogens with zero attached hydrogens (tertiary/aromatic N) is 3. The van der Waals surface area contributed by atoms with E-state index in [1.54, 1.807) is 6.20 Å². The first-order chi connectivity index (χ1) is 18.0. The van der Waals surface area contributed by atoms with Gasteiger partial charge in [-0.1, -0.05) is 5.16 Å². The Morgan fingerprint density at radius 2 is 2.08 bits per heavy atom. The van der Waals surface area contributed by atoms with Crippen LogP contribution in [0.1, 0.15) is 12.6 Å². The van der Waals surface area contributed by atoms with Crippen molar-refractivity contribution in [3.05, 3.63) is 41.0 Å². The molecule has 14 nitrogen and oxygen atoms in total. The second kappa shape index (κ2) is 10.9. The molecule has 4 rings (SSSR count). The lowest BCUT2D eigenvalue weighted by Crippen LogP contribution is -2.69. The average Bonchev–Trinajstić information content (AvgIpc) is 3.30. The van der Waals surface area contributed by atoms with Crippen LogP contribution in [0.3, 0.4) is 0 Å². The molecule has 2 aliphatic rings. The van der Waals surface area contributed by atoms with E-state index in [4.69, 9.17) is 15.3 Å². The molecule has 2 aliphatic heterocycles. The molecular formula is C21H21N5O9S3. The van der Waals surface area contributed by atoms with E-state index in [1.165, 1.54) is 29.0 Å². The van der Waals surface area contributed by atoms with Crippen molar-refractivity contribution in [1.82, 2.24) is 15.2 Å². The molecule has 0 saturated carbocycles. The third kappa shape index (κ3) is 5.84.